The molecule has 5 heterocycles. The third-order valence-electron chi connectivity index (χ3n) is 9.98. The summed E-state index contributed by atoms with van der Waals surface area (Å²) in [6.45, 7) is 13.7. The van der Waals surface area contributed by atoms with Gasteiger partial charge >= 0.3 is 0 Å². The molecule has 4 aromatic rings. The molecule has 3 aliphatic heterocycles. The second-order valence-electron chi connectivity index (χ2n) is 12.6. The summed E-state index contributed by atoms with van der Waals surface area (Å²) >= 11 is 0. The van der Waals surface area contributed by atoms with Gasteiger partial charge in [-0.1, -0.05) is 13.0 Å². The topological polar surface area (TPSA) is 82.2 Å². The van der Waals surface area contributed by atoms with E-state index in [2.05, 4.69) is 71.3 Å². The van der Waals surface area contributed by atoms with E-state index in [9.17, 15) is 0 Å². The third-order valence-corrected chi connectivity index (χ3v) is 9.98. The highest BCUT2D eigenvalue weighted by Gasteiger charge is 2.40. The Morgan fingerprint density at radius 3 is 2.46 bits per heavy atom. The molecule has 3 fully saturated rings. The van der Waals surface area contributed by atoms with Crippen LogP contribution < -0.4 is 15.0 Å². The minimum atomic E-state index is 0.365. The molecular weight excluding hydrogens is 510 g/mol. The van der Waals surface area contributed by atoms with Gasteiger partial charge in [0.15, 0.2) is 5.75 Å². The van der Waals surface area contributed by atoms with Gasteiger partial charge in [-0.05, 0) is 100 Å². The molecule has 2 aromatic heterocycles. The molecule has 3 aliphatic rings. The number of fused-ring (bicyclic) bond motifs is 2. The number of aromatic amines is 1. The molecule has 1 spiro atoms. The van der Waals surface area contributed by atoms with Crippen LogP contribution in [0.3, 0.4) is 0 Å². The second kappa shape index (κ2) is 10.6. The van der Waals surface area contributed by atoms with E-state index in [4.69, 9.17) is 14.7 Å². The van der Waals surface area contributed by atoms with Crippen molar-refractivity contribution in [1.29, 1.82) is 0 Å². The second-order valence-corrected chi connectivity index (χ2v) is 12.6. The monoisotopic (exact) mass is 553 g/mol. The minimum absolute atomic E-state index is 0.365. The zero-order valence-electron chi connectivity index (χ0n) is 25.0. The lowest BCUT2D eigenvalue weighted by Gasteiger charge is -2.48. The lowest BCUT2D eigenvalue weighted by atomic mass is 9.73. The number of aryl methyl sites for hydroxylation is 2. The van der Waals surface area contributed by atoms with Crippen LogP contribution in [0.25, 0.3) is 32.9 Å². The fourth-order valence-electron chi connectivity index (χ4n) is 7.30. The zero-order chi connectivity index (χ0) is 28.1. The minimum Gasteiger partial charge on any atom is -0.491 e. The molecule has 0 aliphatic carbocycles. The zero-order valence-corrected chi connectivity index (χ0v) is 25.0. The van der Waals surface area contributed by atoms with Crippen molar-refractivity contribution < 1.29 is 4.74 Å². The fourth-order valence-corrected chi connectivity index (χ4v) is 7.30. The van der Waals surface area contributed by atoms with Crippen molar-refractivity contribution in [3.05, 3.63) is 41.3 Å². The van der Waals surface area contributed by atoms with Crippen LogP contribution in [0.4, 0.5) is 5.82 Å². The highest BCUT2D eigenvalue weighted by Crippen LogP contribution is 2.46. The highest BCUT2D eigenvalue weighted by atomic mass is 16.5. The number of piperidine rings is 2. The van der Waals surface area contributed by atoms with Crippen LogP contribution in [-0.2, 0) is 6.42 Å². The first kappa shape index (κ1) is 26.7. The molecule has 8 heteroatoms. The van der Waals surface area contributed by atoms with E-state index >= 15 is 0 Å². The number of hydrogen-bond donors (Lipinski definition) is 2. The smallest absolute Gasteiger partial charge is 0.153 e. The first-order chi connectivity index (χ1) is 20.0. The quantitative estimate of drug-likeness (QED) is 0.329. The van der Waals surface area contributed by atoms with E-state index in [0.717, 1.165) is 103 Å². The number of aromatic nitrogens is 4. The summed E-state index contributed by atoms with van der Waals surface area (Å²) in [7, 11) is 2.21. The normalized spacial score (nSPS) is 19.8. The van der Waals surface area contributed by atoms with Crippen LogP contribution >= 0.6 is 0 Å². The van der Waals surface area contributed by atoms with E-state index in [1.807, 2.05) is 6.20 Å². The predicted octanol–water partition coefficient (Wildman–Crippen LogP) is 5.44. The van der Waals surface area contributed by atoms with E-state index in [-0.39, 0.29) is 0 Å². The average Bonchev–Trinajstić information content (AvgIpc) is 3.45. The van der Waals surface area contributed by atoms with Crippen LogP contribution in [0.15, 0.2) is 24.4 Å². The van der Waals surface area contributed by atoms with Crippen molar-refractivity contribution >= 4 is 27.6 Å². The Hall–Kier alpha value is -3.23. The van der Waals surface area contributed by atoms with Crippen molar-refractivity contribution in [2.24, 2.45) is 5.41 Å². The van der Waals surface area contributed by atoms with Gasteiger partial charge in [0.05, 0.1) is 18.3 Å². The van der Waals surface area contributed by atoms with Crippen LogP contribution in [0, 0.1) is 12.3 Å². The highest BCUT2D eigenvalue weighted by molar-refractivity contribution is 6.05. The number of hydrogen-bond acceptors (Lipinski definition) is 7. The number of benzene rings is 2. The maximum atomic E-state index is 6.63. The SMILES string of the molecule is CCOc1c(-c2c(C)ccc3[nH]ncc23)c(CC)cc2c(N3CCC4(CC3)CNC4)nc(C3CCN(C)CC3)nc12. The Labute approximate surface area is 242 Å². The van der Waals surface area contributed by atoms with Crippen molar-refractivity contribution in [1.82, 2.24) is 30.4 Å². The van der Waals surface area contributed by atoms with Gasteiger partial charge in [0.1, 0.15) is 17.2 Å². The predicted molar refractivity (Wildman–Crippen MR) is 166 cm³/mol. The molecular formula is C33H43N7O. The lowest BCUT2D eigenvalue weighted by Crippen LogP contribution is -2.58. The summed E-state index contributed by atoms with van der Waals surface area (Å²) in [5.74, 6) is 3.35. The first-order valence-corrected chi connectivity index (χ1v) is 15.6. The lowest BCUT2D eigenvalue weighted by molar-refractivity contribution is 0.126. The Morgan fingerprint density at radius 2 is 1.78 bits per heavy atom. The van der Waals surface area contributed by atoms with E-state index in [1.165, 1.54) is 29.5 Å². The van der Waals surface area contributed by atoms with Gasteiger partial charge < -0.3 is 19.9 Å². The standard InChI is InChI=1S/C33H43N7O/c1-5-22-17-24-29(30(41-6-2)28(22)27-21(3)7-8-26-25(27)18-35-38-26)36-31(23-9-13-39(4)14-10-23)37-32(24)40-15-11-33(12-16-40)19-34-20-33/h7-8,17-18,23,34H,5-6,9-16,19-20H2,1-4H3,(H,35,38). The molecule has 7 rings (SSSR count). The molecule has 0 amide bonds. The van der Waals surface area contributed by atoms with Crippen LogP contribution in [0.2, 0.25) is 0 Å². The van der Waals surface area contributed by atoms with E-state index in [1.54, 1.807) is 0 Å². The summed E-state index contributed by atoms with van der Waals surface area (Å²) in [5, 5.41) is 13.3. The number of rotatable bonds is 6. The fraction of sp³-hybridized carbons (Fsp3) is 0.545. The number of nitrogens with one attached hydrogen (secondary N) is 2. The number of ether oxygens (including phenoxy) is 1. The molecule has 0 radical (unpaired) electrons. The van der Waals surface area contributed by atoms with Gasteiger partial charge in [-0.15, -0.1) is 0 Å². The van der Waals surface area contributed by atoms with E-state index < -0.39 is 0 Å². The van der Waals surface area contributed by atoms with Crippen molar-refractivity contribution in [3.63, 3.8) is 0 Å². The Kier molecular flexibility index (Phi) is 6.86. The summed E-state index contributed by atoms with van der Waals surface area (Å²) < 4.78 is 6.63. The number of nitrogens with zero attached hydrogens (tertiary/aromatic N) is 5. The van der Waals surface area contributed by atoms with Crippen LogP contribution in [0.5, 0.6) is 5.75 Å². The van der Waals surface area contributed by atoms with Gasteiger partial charge in [0, 0.05) is 48.4 Å². The molecule has 2 N–H and O–H groups in total. The molecule has 3 saturated heterocycles. The van der Waals surface area contributed by atoms with Crippen molar-refractivity contribution in [2.45, 2.75) is 58.8 Å². The molecule has 0 atom stereocenters. The first-order valence-electron chi connectivity index (χ1n) is 15.6. The maximum absolute atomic E-state index is 6.63. The molecule has 0 saturated carbocycles. The van der Waals surface area contributed by atoms with E-state index in [0.29, 0.717) is 17.9 Å². The van der Waals surface area contributed by atoms with Gasteiger partial charge in [0.25, 0.3) is 0 Å². The van der Waals surface area contributed by atoms with Gasteiger partial charge in [-0.2, -0.15) is 5.10 Å². The Bertz CT molecular complexity index is 1570. The summed E-state index contributed by atoms with van der Waals surface area (Å²) in [6.07, 6.45) is 7.46. The molecule has 0 bridgehead atoms. The van der Waals surface area contributed by atoms with Gasteiger partial charge in [-0.25, -0.2) is 9.97 Å². The largest absolute Gasteiger partial charge is 0.491 e. The van der Waals surface area contributed by atoms with Gasteiger partial charge in [-0.3, -0.25) is 5.10 Å². The molecule has 41 heavy (non-hydrogen) atoms. The number of H-pyrrole nitrogens is 1. The van der Waals surface area contributed by atoms with Crippen LogP contribution in [-0.4, -0.2) is 78.0 Å². The summed E-state index contributed by atoms with van der Waals surface area (Å²) in [5.41, 5.74) is 7.32. The van der Waals surface area contributed by atoms with Crippen LogP contribution in [0.1, 0.15) is 62.4 Å². The number of likely N-dealkylation sites (tertiary alicyclic amines) is 1. The average molecular weight is 554 g/mol. The molecule has 8 nitrogen and oxygen atoms in total. The third kappa shape index (κ3) is 4.56. The Morgan fingerprint density at radius 1 is 1.00 bits per heavy atom. The molecule has 2 aromatic carbocycles. The van der Waals surface area contributed by atoms with Gasteiger partial charge in [0.2, 0.25) is 0 Å². The molecule has 0 unspecified atom stereocenters. The van der Waals surface area contributed by atoms with Crippen molar-refractivity contribution in [2.75, 3.05) is 57.8 Å². The van der Waals surface area contributed by atoms with Crippen molar-refractivity contribution in [3.8, 4) is 16.9 Å². The number of anilines is 1. The Balaban J connectivity index is 1.46. The summed E-state index contributed by atoms with van der Waals surface area (Å²) in [6, 6.07) is 6.67. The summed E-state index contributed by atoms with van der Waals surface area (Å²) in [4.78, 5) is 15.8. The molecule has 216 valence electrons. The maximum Gasteiger partial charge on any atom is 0.153 e.